The molecule has 2 aromatic carbocycles. The van der Waals surface area contributed by atoms with Gasteiger partial charge in [0.05, 0.1) is 0 Å². The molecule has 0 saturated heterocycles. The van der Waals surface area contributed by atoms with Crippen molar-refractivity contribution in [3.8, 4) is 5.75 Å². The minimum Gasteiger partial charge on any atom is -0.485 e. The monoisotopic (exact) mass is 322 g/mol. The predicted molar refractivity (Wildman–Crippen MR) is 86.9 cm³/mol. The highest BCUT2D eigenvalue weighted by atomic mass is 35.5. The first kappa shape index (κ1) is 15.9. The first-order valence-electron chi connectivity index (χ1n) is 6.57. The first-order chi connectivity index (χ1) is 9.86. The summed E-state index contributed by atoms with van der Waals surface area (Å²) >= 11 is 11.8. The van der Waals surface area contributed by atoms with Gasteiger partial charge in [0, 0.05) is 15.6 Å². The van der Waals surface area contributed by atoms with Crippen LogP contribution in [0.15, 0.2) is 30.3 Å². The molecule has 0 aliphatic rings. The van der Waals surface area contributed by atoms with Gasteiger partial charge < -0.3 is 4.74 Å². The summed E-state index contributed by atoms with van der Waals surface area (Å²) in [6, 6.07) is 8.80. The van der Waals surface area contributed by atoms with Gasteiger partial charge in [0.25, 0.3) is 0 Å². The van der Waals surface area contributed by atoms with Gasteiger partial charge in [-0.3, -0.25) is 4.79 Å². The molecule has 0 aliphatic heterocycles. The molecule has 21 heavy (non-hydrogen) atoms. The van der Waals surface area contributed by atoms with E-state index in [1.807, 2.05) is 32.9 Å². The Labute approximate surface area is 134 Å². The number of rotatable bonds is 4. The Hall–Kier alpha value is -1.51. The highest BCUT2D eigenvalue weighted by Gasteiger charge is 2.12. The van der Waals surface area contributed by atoms with Crippen LogP contribution in [-0.4, -0.2) is 12.4 Å². The average Bonchev–Trinajstić information content (AvgIpc) is 2.39. The molecule has 0 unspecified atom stereocenters. The van der Waals surface area contributed by atoms with Gasteiger partial charge in [-0.05, 0) is 61.7 Å². The molecule has 0 saturated carbocycles. The van der Waals surface area contributed by atoms with Crippen LogP contribution in [0.4, 0.5) is 0 Å². The van der Waals surface area contributed by atoms with Gasteiger partial charge in [-0.15, -0.1) is 0 Å². The maximum absolute atomic E-state index is 12.3. The van der Waals surface area contributed by atoms with Crippen LogP contribution in [0, 0.1) is 20.8 Å². The van der Waals surface area contributed by atoms with Crippen molar-refractivity contribution in [2.24, 2.45) is 0 Å². The van der Waals surface area contributed by atoms with Crippen LogP contribution in [0.2, 0.25) is 10.0 Å². The van der Waals surface area contributed by atoms with Crippen LogP contribution in [0.5, 0.6) is 5.75 Å². The number of ether oxygens (including phenoxy) is 1. The molecule has 0 spiro atoms. The average molecular weight is 323 g/mol. The van der Waals surface area contributed by atoms with Gasteiger partial charge in [0.2, 0.25) is 0 Å². The molecule has 110 valence electrons. The lowest BCUT2D eigenvalue weighted by atomic mass is 9.98. The molecule has 0 fully saturated rings. The second-order valence-corrected chi connectivity index (χ2v) is 5.94. The maximum Gasteiger partial charge on any atom is 0.200 e. The van der Waals surface area contributed by atoms with E-state index in [1.54, 1.807) is 18.2 Å². The SMILES string of the molecule is Cc1cc(C)c(C(=O)COc2cc(Cl)cc(Cl)c2)cc1C. The second-order valence-electron chi connectivity index (χ2n) is 5.07. The predicted octanol–water partition coefficient (Wildman–Crippen LogP) is 5.18. The van der Waals surface area contributed by atoms with Gasteiger partial charge in [0.1, 0.15) is 5.75 Å². The fourth-order valence-electron chi connectivity index (χ4n) is 2.10. The number of carbonyl (C=O) groups is 1. The topological polar surface area (TPSA) is 26.3 Å². The van der Waals surface area contributed by atoms with E-state index in [-0.39, 0.29) is 12.4 Å². The molecule has 0 radical (unpaired) electrons. The number of benzene rings is 2. The smallest absolute Gasteiger partial charge is 0.200 e. The van der Waals surface area contributed by atoms with Gasteiger partial charge in [0.15, 0.2) is 12.4 Å². The largest absolute Gasteiger partial charge is 0.485 e. The van der Waals surface area contributed by atoms with Crippen LogP contribution >= 0.6 is 23.2 Å². The third kappa shape index (κ3) is 3.99. The van der Waals surface area contributed by atoms with Crippen molar-refractivity contribution >= 4 is 29.0 Å². The quantitative estimate of drug-likeness (QED) is 0.725. The molecular formula is C17H16Cl2O2. The fraction of sp³-hybridized carbons (Fsp3) is 0.235. The van der Waals surface area contributed by atoms with Crippen molar-refractivity contribution in [2.75, 3.05) is 6.61 Å². The third-order valence-corrected chi connectivity index (χ3v) is 3.78. The van der Waals surface area contributed by atoms with Crippen LogP contribution in [-0.2, 0) is 0 Å². The van der Waals surface area contributed by atoms with E-state index in [0.29, 0.717) is 21.4 Å². The van der Waals surface area contributed by atoms with E-state index in [4.69, 9.17) is 27.9 Å². The molecule has 2 rings (SSSR count). The van der Waals surface area contributed by atoms with Crippen molar-refractivity contribution < 1.29 is 9.53 Å². The number of carbonyl (C=O) groups excluding carboxylic acids is 1. The number of hydrogen-bond acceptors (Lipinski definition) is 2. The molecule has 0 bridgehead atoms. The fourth-order valence-corrected chi connectivity index (χ4v) is 2.61. The van der Waals surface area contributed by atoms with Crippen molar-refractivity contribution in [2.45, 2.75) is 20.8 Å². The van der Waals surface area contributed by atoms with Crippen LogP contribution in [0.25, 0.3) is 0 Å². The van der Waals surface area contributed by atoms with Crippen LogP contribution in [0.1, 0.15) is 27.0 Å². The molecule has 0 amide bonds. The molecule has 0 aliphatic carbocycles. The minimum atomic E-state index is -0.0632. The van der Waals surface area contributed by atoms with Crippen LogP contribution < -0.4 is 4.74 Å². The summed E-state index contributed by atoms with van der Waals surface area (Å²) in [5.74, 6) is 0.425. The van der Waals surface area contributed by atoms with E-state index in [0.717, 1.165) is 11.1 Å². The summed E-state index contributed by atoms with van der Waals surface area (Å²) in [6.45, 7) is 5.90. The maximum atomic E-state index is 12.3. The zero-order chi connectivity index (χ0) is 15.6. The van der Waals surface area contributed by atoms with Gasteiger partial charge in [-0.25, -0.2) is 0 Å². The summed E-state index contributed by atoms with van der Waals surface area (Å²) < 4.78 is 5.49. The molecule has 2 nitrogen and oxygen atoms in total. The zero-order valence-corrected chi connectivity index (χ0v) is 13.7. The molecule has 2 aromatic rings. The number of ketones is 1. The van der Waals surface area contributed by atoms with Crippen molar-refractivity contribution in [1.82, 2.24) is 0 Å². The summed E-state index contributed by atoms with van der Waals surface area (Å²) in [6.07, 6.45) is 0. The normalized spacial score (nSPS) is 10.5. The number of halogens is 2. The number of hydrogen-bond donors (Lipinski definition) is 0. The van der Waals surface area contributed by atoms with Gasteiger partial charge in [-0.1, -0.05) is 29.3 Å². The Morgan fingerprint density at radius 1 is 0.905 bits per heavy atom. The standard InChI is InChI=1S/C17H16Cl2O2/c1-10-4-12(3)16(5-11(10)2)17(20)9-21-15-7-13(18)6-14(19)8-15/h4-8H,9H2,1-3H3. The summed E-state index contributed by atoms with van der Waals surface area (Å²) in [4.78, 5) is 12.3. The number of aryl methyl sites for hydroxylation is 3. The second kappa shape index (κ2) is 6.50. The van der Waals surface area contributed by atoms with Gasteiger partial charge >= 0.3 is 0 Å². The lowest BCUT2D eigenvalue weighted by molar-refractivity contribution is 0.0921. The minimum absolute atomic E-state index is 0.0417. The Morgan fingerprint density at radius 2 is 1.48 bits per heavy atom. The molecule has 0 N–H and O–H groups in total. The Kier molecular flexibility index (Phi) is 4.92. The highest BCUT2D eigenvalue weighted by molar-refractivity contribution is 6.34. The van der Waals surface area contributed by atoms with Crippen molar-refractivity contribution in [3.63, 3.8) is 0 Å². The van der Waals surface area contributed by atoms with Crippen molar-refractivity contribution in [1.29, 1.82) is 0 Å². The first-order valence-corrected chi connectivity index (χ1v) is 7.32. The lowest BCUT2D eigenvalue weighted by Crippen LogP contribution is -2.13. The summed E-state index contributed by atoms with van der Waals surface area (Å²) in [5.41, 5.74) is 3.91. The van der Waals surface area contributed by atoms with Crippen LogP contribution in [0.3, 0.4) is 0 Å². The lowest BCUT2D eigenvalue weighted by Gasteiger charge is -2.10. The van der Waals surface area contributed by atoms with E-state index in [2.05, 4.69) is 0 Å². The Morgan fingerprint density at radius 3 is 2.10 bits per heavy atom. The number of Topliss-reactive ketones (excluding diaryl/α,β-unsaturated/α-hetero) is 1. The molecule has 0 heterocycles. The molecule has 4 heteroatoms. The Balaban J connectivity index is 2.13. The van der Waals surface area contributed by atoms with E-state index in [9.17, 15) is 4.79 Å². The summed E-state index contributed by atoms with van der Waals surface area (Å²) in [5, 5.41) is 0.958. The molecule has 0 atom stereocenters. The van der Waals surface area contributed by atoms with E-state index in [1.165, 1.54) is 5.56 Å². The van der Waals surface area contributed by atoms with Crippen molar-refractivity contribution in [3.05, 3.63) is 62.6 Å². The summed E-state index contributed by atoms with van der Waals surface area (Å²) in [7, 11) is 0. The highest BCUT2D eigenvalue weighted by Crippen LogP contribution is 2.24. The van der Waals surface area contributed by atoms with E-state index >= 15 is 0 Å². The zero-order valence-electron chi connectivity index (χ0n) is 12.2. The van der Waals surface area contributed by atoms with E-state index < -0.39 is 0 Å². The molecular weight excluding hydrogens is 307 g/mol. The molecule has 0 aromatic heterocycles. The van der Waals surface area contributed by atoms with Gasteiger partial charge in [-0.2, -0.15) is 0 Å². The third-order valence-electron chi connectivity index (χ3n) is 3.35. The Bertz CT molecular complexity index is 673.